The first-order chi connectivity index (χ1) is 9.60. The summed E-state index contributed by atoms with van der Waals surface area (Å²) >= 11 is 0. The lowest BCUT2D eigenvalue weighted by Crippen LogP contribution is -2.21. The zero-order valence-electron chi connectivity index (χ0n) is 12.1. The van der Waals surface area contributed by atoms with Gasteiger partial charge in [0.1, 0.15) is 17.3 Å². The standard InChI is InChI=1S/C16H21NO3/c1-11-4-7-16(19-3)14(8-11)15(18)10-17-9-13-6-5-12(2)20-13/h4-8,15,17-18H,9-10H2,1-3H3. The van der Waals surface area contributed by atoms with E-state index in [1.165, 1.54) is 0 Å². The molecule has 0 fully saturated rings. The third-order valence-electron chi connectivity index (χ3n) is 3.18. The van der Waals surface area contributed by atoms with Crippen molar-refractivity contribution in [2.45, 2.75) is 26.5 Å². The van der Waals surface area contributed by atoms with Gasteiger partial charge in [-0.2, -0.15) is 0 Å². The molecule has 2 aromatic rings. The van der Waals surface area contributed by atoms with Crippen molar-refractivity contribution in [2.24, 2.45) is 0 Å². The maximum Gasteiger partial charge on any atom is 0.124 e. The summed E-state index contributed by atoms with van der Waals surface area (Å²) in [6.07, 6.45) is -0.610. The summed E-state index contributed by atoms with van der Waals surface area (Å²) in [6.45, 7) is 4.95. The van der Waals surface area contributed by atoms with Crippen molar-refractivity contribution < 1.29 is 14.3 Å². The van der Waals surface area contributed by atoms with E-state index in [2.05, 4.69) is 5.32 Å². The van der Waals surface area contributed by atoms with Crippen LogP contribution in [0.4, 0.5) is 0 Å². The lowest BCUT2D eigenvalue weighted by Gasteiger charge is -2.16. The Hall–Kier alpha value is -1.78. The Morgan fingerprint density at radius 1 is 1.25 bits per heavy atom. The number of ether oxygens (including phenoxy) is 1. The molecule has 0 radical (unpaired) electrons. The van der Waals surface area contributed by atoms with Crippen molar-refractivity contribution in [3.05, 3.63) is 53.0 Å². The van der Waals surface area contributed by atoms with Crippen LogP contribution >= 0.6 is 0 Å². The van der Waals surface area contributed by atoms with Gasteiger partial charge in [-0.1, -0.05) is 11.6 Å². The predicted molar refractivity (Wildman–Crippen MR) is 77.8 cm³/mol. The van der Waals surface area contributed by atoms with Crippen molar-refractivity contribution in [1.29, 1.82) is 0 Å². The predicted octanol–water partition coefficient (Wildman–Crippen LogP) is 2.73. The fourth-order valence-corrected chi connectivity index (χ4v) is 2.14. The molecule has 4 heteroatoms. The molecule has 1 aromatic heterocycles. The number of aliphatic hydroxyl groups is 1. The normalized spacial score (nSPS) is 12.4. The molecule has 0 aliphatic heterocycles. The second-order valence-corrected chi connectivity index (χ2v) is 4.90. The van der Waals surface area contributed by atoms with Gasteiger partial charge in [-0.15, -0.1) is 0 Å². The van der Waals surface area contributed by atoms with Gasteiger partial charge in [0.15, 0.2) is 0 Å². The molecule has 2 rings (SSSR count). The maximum atomic E-state index is 10.3. The molecule has 0 saturated carbocycles. The molecule has 20 heavy (non-hydrogen) atoms. The van der Waals surface area contributed by atoms with E-state index in [9.17, 15) is 5.11 Å². The Kier molecular flexibility index (Phi) is 4.82. The largest absolute Gasteiger partial charge is 0.496 e. The molecular formula is C16H21NO3. The highest BCUT2D eigenvalue weighted by Gasteiger charge is 2.13. The molecule has 0 amide bonds. The Morgan fingerprint density at radius 2 is 2.05 bits per heavy atom. The summed E-state index contributed by atoms with van der Waals surface area (Å²) in [6, 6.07) is 9.65. The summed E-state index contributed by atoms with van der Waals surface area (Å²) in [7, 11) is 1.61. The van der Waals surface area contributed by atoms with Gasteiger partial charge in [-0.3, -0.25) is 0 Å². The minimum atomic E-state index is -0.610. The van der Waals surface area contributed by atoms with E-state index >= 15 is 0 Å². The first-order valence-corrected chi connectivity index (χ1v) is 6.69. The van der Waals surface area contributed by atoms with E-state index in [0.29, 0.717) is 18.8 Å². The van der Waals surface area contributed by atoms with E-state index < -0.39 is 6.10 Å². The number of aryl methyl sites for hydroxylation is 2. The number of rotatable bonds is 6. The SMILES string of the molecule is COc1ccc(C)cc1C(O)CNCc1ccc(C)o1. The van der Waals surface area contributed by atoms with Crippen molar-refractivity contribution in [2.75, 3.05) is 13.7 Å². The number of methoxy groups -OCH3 is 1. The zero-order valence-corrected chi connectivity index (χ0v) is 12.1. The molecule has 1 heterocycles. The molecule has 108 valence electrons. The molecule has 1 unspecified atom stereocenters. The number of aliphatic hydroxyl groups excluding tert-OH is 1. The highest BCUT2D eigenvalue weighted by molar-refractivity contribution is 5.38. The fourth-order valence-electron chi connectivity index (χ4n) is 2.14. The van der Waals surface area contributed by atoms with Gasteiger partial charge in [-0.05, 0) is 38.1 Å². The second-order valence-electron chi connectivity index (χ2n) is 4.90. The molecule has 0 bridgehead atoms. The van der Waals surface area contributed by atoms with Gasteiger partial charge in [0.25, 0.3) is 0 Å². The van der Waals surface area contributed by atoms with Crippen LogP contribution in [0.15, 0.2) is 34.7 Å². The van der Waals surface area contributed by atoms with E-state index in [1.807, 2.05) is 44.2 Å². The van der Waals surface area contributed by atoms with Gasteiger partial charge < -0.3 is 19.6 Å². The average molecular weight is 275 g/mol. The molecule has 0 aliphatic rings. The van der Waals surface area contributed by atoms with Gasteiger partial charge in [0, 0.05) is 12.1 Å². The van der Waals surface area contributed by atoms with Crippen molar-refractivity contribution in [3.63, 3.8) is 0 Å². The zero-order chi connectivity index (χ0) is 14.5. The molecule has 4 nitrogen and oxygen atoms in total. The minimum absolute atomic E-state index is 0.444. The van der Waals surface area contributed by atoms with Crippen LogP contribution in [0.3, 0.4) is 0 Å². The summed E-state index contributed by atoms with van der Waals surface area (Å²) < 4.78 is 10.7. The number of hydrogen-bond acceptors (Lipinski definition) is 4. The van der Waals surface area contributed by atoms with Crippen LogP contribution in [0.1, 0.15) is 28.8 Å². The maximum absolute atomic E-state index is 10.3. The summed E-state index contributed by atoms with van der Waals surface area (Å²) in [4.78, 5) is 0. The van der Waals surface area contributed by atoms with Gasteiger partial charge in [-0.25, -0.2) is 0 Å². The monoisotopic (exact) mass is 275 g/mol. The molecular weight excluding hydrogens is 254 g/mol. The van der Waals surface area contributed by atoms with Crippen LogP contribution in [0, 0.1) is 13.8 Å². The Bertz CT molecular complexity index is 563. The molecule has 0 spiro atoms. The van der Waals surface area contributed by atoms with Crippen molar-refractivity contribution in [3.8, 4) is 5.75 Å². The summed E-state index contributed by atoms with van der Waals surface area (Å²) in [5.74, 6) is 2.47. The van der Waals surface area contributed by atoms with Crippen LogP contribution in [-0.2, 0) is 6.54 Å². The Balaban J connectivity index is 1.94. The molecule has 1 aromatic carbocycles. The van der Waals surface area contributed by atoms with Crippen molar-refractivity contribution >= 4 is 0 Å². The summed E-state index contributed by atoms with van der Waals surface area (Å²) in [5.41, 5.74) is 1.90. The minimum Gasteiger partial charge on any atom is -0.496 e. The van der Waals surface area contributed by atoms with Crippen LogP contribution in [0.25, 0.3) is 0 Å². The third-order valence-corrected chi connectivity index (χ3v) is 3.18. The Labute approximate surface area is 119 Å². The van der Waals surface area contributed by atoms with E-state index in [0.717, 1.165) is 22.6 Å². The van der Waals surface area contributed by atoms with E-state index in [1.54, 1.807) is 7.11 Å². The molecule has 2 N–H and O–H groups in total. The third kappa shape index (κ3) is 3.62. The quantitative estimate of drug-likeness (QED) is 0.851. The Morgan fingerprint density at radius 3 is 2.70 bits per heavy atom. The molecule has 0 aliphatic carbocycles. The van der Waals surface area contributed by atoms with E-state index in [4.69, 9.17) is 9.15 Å². The second kappa shape index (κ2) is 6.59. The van der Waals surface area contributed by atoms with Crippen LogP contribution < -0.4 is 10.1 Å². The van der Waals surface area contributed by atoms with Crippen molar-refractivity contribution in [1.82, 2.24) is 5.32 Å². The topological polar surface area (TPSA) is 54.6 Å². The number of hydrogen-bond donors (Lipinski definition) is 2. The van der Waals surface area contributed by atoms with Crippen LogP contribution in [0.5, 0.6) is 5.75 Å². The lowest BCUT2D eigenvalue weighted by molar-refractivity contribution is 0.169. The molecule has 0 saturated heterocycles. The van der Waals surface area contributed by atoms with Gasteiger partial charge >= 0.3 is 0 Å². The van der Waals surface area contributed by atoms with Crippen LogP contribution in [0.2, 0.25) is 0 Å². The number of nitrogens with one attached hydrogen (secondary N) is 1. The first kappa shape index (κ1) is 14.6. The average Bonchev–Trinajstić information content (AvgIpc) is 2.84. The lowest BCUT2D eigenvalue weighted by atomic mass is 10.1. The smallest absolute Gasteiger partial charge is 0.124 e. The van der Waals surface area contributed by atoms with Gasteiger partial charge in [0.2, 0.25) is 0 Å². The summed E-state index contributed by atoms with van der Waals surface area (Å²) in [5, 5.41) is 13.5. The fraction of sp³-hybridized carbons (Fsp3) is 0.375. The van der Waals surface area contributed by atoms with E-state index in [-0.39, 0.29) is 0 Å². The number of furan rings is 1. The van der Waals surface area contributed by atoms with Crippen LogP contribution in [-0.4, -0.2) is 18.8 Å². The highest BCUT2D eigenvalue weighted by atomic mass is 16.5. The first-order valence-electron chi connectivity index (χ1n) is 6.69. The highest BCUT2D eigenvalue weighted by Crippen LogP contribution is 2.25. The van der Waals surface area contributed by atoms with Gasteiger partial charge in [0.05, 0.1) is 19.8 Å². The number of benzene rings is 1. The molecule has 1 atom stereocenters.